The number of amides is 1. The monoisotopic (exact) mass is 246 g/mol. The van der Waals surface area contributed by atoms with E-state index in [1.807, 2.05) is 6.92 Å². The van der Waals surface area contributed by atoms with Gasteiger partial charge in [0.15, 0.2) is 0 Å². The standard InChI is InChI=1S/C12H26N2OS/c1-5-7-14-12(4,11(13)15)9-16-8-6-10(2)3/h10,14H,5-9H2,1-4H3,(H2,13,15). The zero-order valence-electron chi connectivity index (χ0n) is 11.0. The molecule has 0 saturated carbocycles. The minimum Gasteiger partial charge on any atom is -0.368 e. The number of primary amides is 1. The second-order valence-corrected chi connectivity index (χ2v) is 5.96. The van der Waals surface area contributed by atoms with Crippen molar-refractivity contribution in [2.75, 3.05) is 18.1 Å². The van der Waals surface area contributed by atoms with Crippen LogP contribution < -0.4 is 11.1 Å². The summed E-state index contributed by atoms with van der Waals surface area (Å²) < 4.78 is 0. The van der Waals surface area contributed by atoms with Gasteiger partial charge in [0.05, 0.1) is 0 Å². The maximum Gasteiger partial charge on any atom is 0.238 e. The molecule has 4 heteroatoms. The number of thioether (sulfide) groups is 1. The molecule has 0 aliphatic carbocycles. The molecular formula is C12H26N2OS. The Bertz CT molecular complexity index is 209. The Kier molecular flexibility index (Phi) is 7.85. The zero-order valence-corrected chi connectivity index (χ0v) is 11.8. The molecule has 0 saturated heterocycles. The molecule has 0 radical (unpaired) electrons. The van der Waals surface area contributed by atoms with Crippen LogP contribution in [0.3, 0.4) is 0 Å². The van der Waals surface area contributed by atoms with Gasteiger partial charge in [0.2, 0.25) is 5.91 Å². The number of nitrogens with one attached hydrogen (secondary N) is 1. The van der Waals surface area contributed by atoms with Gasteiger partial charge in [-0.05, 0) is 38.0 Å². The summed E-state index contributed by atoms with van der Waals surface area (Å²) in [5, 5.41) is 3.24. The van der Waals surface area contributed by atoms with Crippen molar-refractivity contribution in [3.05, 3.63) is 0 Å². The van der Waals surface area contributed by atoms with Crippen molar-refractivity contribution in [1.29, 1.82) is 0 Å². The molecule has 3 N–H and O–H groups in total. The molecule has 16 heavy (non-hydrogen) atoms. The number of carbonyl (C=O) groups is 1. The van der Waals surface area contributed by atoms with Crippen LogP contribution in [0.5, 0.6) is 0 Å². The molecule has 96 valence electrons. The molecule has 0 aromatic heterocycles. The quantitative estimate of drug-likeness (QED) is 0.612. The molecule has 0 aromatic rings. The molecule has 0 fully saturated rings. The van der Waals surface area contributed by atoms with Crippen molar-refractivity contribution in [2.45, 2.75) is 46.1 Å². The van der Waals surface area contributed by atoms with Gasteiger partial charge >= 0.3 is 0 Å². The normalized spacial score (nSPS) is 15.1. The van der Waals surface area contributed by atoms with Crippen LogP contribution in [0.1, 0.15) is 40.5 Å². The third-order valence-corrected chi connectivity index (χ3v) is 3.85. The molecule has 0 bridgehead atoms. The fourth-order valence-electron chi connectivity index (χ4n) is 1.21. The van der Waals surface area contributed by atoms with E-state index >= 15 is 0 Å². The van der Waals surface area contributed by atoms with Gasteiger partial charge in [-0.3, -0.25) is 4.79 Å². The molecule has 0 heterocycles. The molecule has 1 amide bonds. The summed E-state index contributed by atoms with van der Waals surface area (Å²) in [6.07, 6.45) is 2.20. The first-order valence-corrected chi connectivity index (χ1v) is 7.20. The van der Waals surface area contributed by atoms with E-state index in [-0.39, 0.29) is 5.91 Å². The summed E-state index contributed by atoms with van der Waals surface area (Å²) in [7, 11) is 0. The van der Waals surface area contributed by atoms with Crippen molar-refractivity contribution in [3.8, 4) is 0 Å². The first-order valence-electron chi connectivity index (χ1n) is 6.05. The highest BCUT2D eigenvalue weighted by molar-refractivity contribution is 7.99. The minimum absolute atomic E-state index is 0.252. The van der Waals surface area contributed by atoms with Crippen LogP contribution in [0.2, 0.25) is 0 Å². The fourth-order valence-corrected chi connectivity index (χ4v) is 2.64. The van der Waals surface area contributed by atoms with Crippen molar-refractivity contribution >= 4 is 17.7 Å². The maximum atomic E-state index is 11.4. The SMILES string of the molecule is CCCNC(C)(CSCCC(C)C)C(N)=O. The average molecular weight is 246 g/mol. The molecule has 0 spiro atoms. The van der Waals surface area contributed by atoms with Crippen LogP contribution >= 0.6 is 11.8 Å². The van der Waals surface area contributed by atoms with E-state index in [2.05, 4.69) is 26.1 Å². The number of nitrogens with two attached hydrogens (primary N) is 1. The maximum absolute atomic E-state index is 11.4. The van der Waals surface area contributed by atoms with Crippen LogP contribution in [0.4, 0.5) is 0 Å². The van der Waals surface area contributed by atoms with Crippen molar-refractivity contribution in [3.63, 3.8) is 0 Å². The van der Waals surface area contributed by atoms with Crippen molar-refractivity contribution in [1.82, 2.24) is 5.32 Å². The molecule has 0 rings (SSSR count). The summed E-state index contributed by atoms with van der Waals surface area (Å²) >= 11 is 1.80. The van der Waals surface area contributed by atoms with Crippen molar-refractivity contribution < 1.29 is 4.79 Å². The van der Waals surface area contributed by atoms with E-state index in [9.17, 15) is 4.79 Å². The second kappa shape index (κ2) is 7.96. The minimum atomic E-state index is -0.558. The molecule has 3 nitrogen and oxygen atoms in total. The number of carbonyl (C=O) groups excluding carboxylic acids is 1. The van der Waals surface area contributed by atoms with Gasteiger partial charge in [0, 0.05) is 5.75 Å². The summed E-state index contributed by atoms with van der Waals surface area (Å²) in [6.45, 7) is 9.24. The Morgan fingerprint density at radius 3 is 2.56 bits per heavy atom. The first kappa shape index (κ1) is 15.8. The van der Waals surface area contributed by atoms with E-state index in [1.54, 1.807) is 11.8 Å². The van der Waals surface area contributed by atoms with E-state index in [0.29, 0.717) is 0 Å². The van der Waals surface area contributed by atoms with E-state index < -0.39 is 5.54 Å². The zero-order chi connectivity index (χ0) is 12.6. The highest BCUT2D eigenvalue weighted by Crippen LogP contribution is 2.16. The number of hydrogen-bond donors (Lipinski definition) is 2. The lowest BCUT2D eigenvalue weighted by Gasteiger charge is -2.27. The molecule has 1 unspecified atom stereocenters. The molecule has 0 aliphatic heterocycles. The predicted octanol–water partition coefficient (Wildman–Crippen LogP) is 2.01. The smallest absolute Gasteiger partial charge is 0.238 e. The molecule has 0 aromatic carbocycles. The topological polar surface area (TPSA) is 55.1 Å². The Balaban J connectivity index is 3.98. The average Bonchev–Trinajstić information content (AvgIpc) is 2.21. The third-order valence-electron chi connectivity index (χ3n) is 2.54. The Morgan fingerprint density at radius 2 is 2.12 bits per heavy atom. The number of hydrogen-bond acceptors (Lipinski definition) is 3. The van der Waals surface area contributed by atoms with Crippen LogP contribution in [0, 0.1) is 5.92 Å². The first-order chi connectivity index (χ1) is 7.42. The van der Waals surface area contributed by atoms with Crippen molar-refractivity contribution in [2.24, 2.45) is 11.7 Å². The van der Waals surface area contributed by atoms with Gasteiger partial charge in [-0.15, -0.1) is 0 Å². The third kappa shape index (κ3) is 6.38. The van der Waals surface area contributed by atoms with E-state index in [1.165, 1.54) is 6.42 Å². The van der Waals surface area contributed by atoms with Gasteiger partial charge in [0.25, 0.3) is 0 Å². The van der Waals surface area contributed by atoms with Crippen LogP contribution in [-0.2, 0) is 4.79 Å². The van der Waals surface area contributed by atoms with Gasteiger partial charge in [0.1, 0.15) is 5.54 Å². The Hall–Kier alpha value is -0.220. The Labute approximate surface area is 104 Å². The predicted molar refractivity (Wildman–Crippen MR) is 72.7 cm³/mol. The molecule has 1 atom stereocenters. The highest BCUT2D eigenvalue weighted by Gasteiger charge is 2.29. The molecular weight excluding hydrogens is 220 g/mol. The summed E-state index contributed by atoms with van der Waals surface area (Å²) in [6, 6.07) is 0. The second-order valence-electron chi connectivity index (χ2n) is 4.86. The molecule has 0 aliphatic rings. The lowest BCUT2D eigenvalue weighted by Crippen LogP contribution is -2.55. The lowest BCUT2D eigenvalue weighted by molar-refractivity contribution is -0.122. The lowest BCUT2D eigenvalue weighted by atomic mass is 10.0. The number of rotatable bonds is 9. The van der Waals surface area contributed by atoms with E-state index in [0.717, 1.165) is 30.4 Å². The summed E-state index contributed by atoms with van der Waals surface area (Å²) in [5.41, 5.74) is 4.88. The largest absolute Gasteiger partial charge is 0.368 e. The summed E-state index contributed by atoms with van der Waals surface area (Å²) in [5.74, 6) is 2.32. The van der Waals surface area contributed by atoms with E-state index in [4.69, 9.17) is 5.73 Å². The van der Waals surface area contributed by atoms with Gasteiger partial charge in [-0.25, -0.2) is 0 Å². The fraction of sp³-hybridized carbons (Fsp3) is 0.917. The summed E-state index contributed by atoms with van der Waals surface area (Å²) in [4.78, 5) is 11.4. The van der Waals surface area contributed by atoms with Gasteiger partial charge < -0.3 is 11.1 Å². The van der Waals surface area contributed by atoms with Crippen LogP contribution in [0.15, 0.2) is 0 Å². The van der Waals surface area contributed by atoms with Gasteiger partial charge in [-0.2, -0.15) is 11.8 Å². The highest BCUT2D eigenvalue weighted by atomic mass is 32.2. The Morgan fingerprint density at radius 1 is 1.50 bits per heavy atom. The van der Waals surface area contributed by atoms with Gasteiger partial charge in [-0.1, -0.05) is 20.8 Å². The van der Waals surface area contributed by atoms with Crippen LogP contribution in [0.25, 0.3) is 0 Å². The van der Waals surface area contributed by atoms with Crippen LogP contribution in [-0.4, -0.2) is 29.5 Å².